The minimum Gasteiger partial charge on any atom is -0.380 e. The van der Waals surface area contributed by atoms with Crippen LogP contribution in [-0.2, 0) is 4.74 Å². The summed E-state index contributed by atoms with van der Waals surface area (Å²) in [7, 11) is 0. The maximum Gasteiger partial charge on any atom is 0.266 e. The highest BCUT2D eigenvalue weighted by molar-refractivity contribution is 6.01. The quantitative estimate of drug-likeness (QED) is 0.553. The maximum absolute atomic E-state index is 14.8. The smallest absolute Gasteiger partial charge is 0.266 e. The number of halogens is 3. The van der Waals surface area contributed by atoms with Gasteiger partial charge in [0.1, 0.15) is 11.9 Å². The minimum absolute atomic E-state index is 0.00917. The summed E-state index contributed by atoms with van der Waals surface area (Å²) in [5, 5.41) is 16.3. The van der Waals surface area contributed by atoms with Crippen molar-refractivity contribution in [1.29, 1.82) is 5.26 Å². The highest BCUT2D eigenvalue weighted by atomic mass is 19.3. The van der Waals surface area contributed by atoms with Crippen LogP contribution >= 0.6 is 0 Å². The number of anilines is 2. The number of morpholine rings is 1. The van der Waals surface area contributed by atoms with Crippen LogP contribution < -0.4 is 15.5 Å². The van der Waals surface area contributed by atoms with Gasteiger partial charge in [-0.1, -0.05) is 18.2 Å². The number of hydrogen-bond donors (Lipinski definition) is 2. The number of nitrogens with one attached hydrogen (secondary N) is 2. The Kier molecular flexibility index (Phi) is 7.77. The van der Waals surface area contributed by atoms with Crippen molar-refractivity contribution < 1.29 is 22.7 Å². The van der Waals surface area contributed by atoms with Crippen molar-refractivity contribution in [3.8, 4) is 6.07 Å². The van der Waals surface area contributed by atoms with Crippen LogP contribution in [0.25, 0.3) is 0 Å². The molecule has 4 fully saturated rings. The molecule has 0 radical (unpaired) electrons. The lowest BCUT2D eigenvalue weighted by atomic mass is 9.83. The molecule has 1 amide bonds. The number of alkyl halides is 2. The lowest BCUT2D eigenvalue weighted by Gasteiger charge is -2.45. The van der Waals surface area contributed by atoms with E-state index >= 15 is 0 Å². The first kappa shape index (κ1) is 26.3. The molecule has 10 heteroatoms. The maximum atomic E-state index is 14.8. The molecule has 0 aliphatic carbocycles. The Bertz CT molecular complexity index is 1220. The lowest BCUT2D eigenvalue weighted by Crippen LogP contribution is -2.53. The molecule has 4 heterocycles. The summed E-state index contributed by atoms with van der Waals surface area (Å²) < 4.78 is 46.8. The fourth-order valence-electron chi connectivity index (χ4n) is 5.80. The molecule has 2 atom stereocenters. The molecule has 202 valence electrons. The molecule has 0 aromatic heterocycles. The molecule has 0 spiro atoms. The monoisotopic (exact) mass is 527 g/mol. The average Bonchev–Trinajstić information content (AvgIpc) is 2.93. The highest BCUT2D eigenvalue weighted by Crippen LogP contribution is 2.34. The largest absolute Gasteiger partial charge is 0.380 e. The minimum atomic E-state index is -2.95. The third kappa shape index (κ3) is 5.31. The van der Waals surface area contributed by atoms with Crippen molar-refractivity contribution in [1.82, 2.24) is 10.2 Å². The van der Waals surface area contributed by atoms with E-state index in [1.54, 1.807) is 19.1 Å². The number of hydrogen-bond acceptors (Lipinski definition) is 6. The van der Waals surface area contributed by atoms with E-state index in [4.69, 9.17) is 4.74 Å². The molecule has 4 aliphatic heterocycles. The summed E-state index contributed by atoms with van der Waals surface area (Å²) in [4.78, 5) is 18.1. The van der Waals surface area contributed by atoms with E-state index in [-0.39, 0.29) is 11.6 Å². The second-order valence-electron chi connectivity index (χ2n) is 10.3. The second kappa shape index (κ2) is 11.2. The Morgan fingerprint density at radius 1 is 1.13 bits per heavy atom. The number of carbonyl (C=O) groups is 1. The van der Waals surface area contributed by atoms with Crippen LogP contribution in [0.3, 0.4) is 0 Å². The number of nitriles is 1. The Hall–Kier alpha value is -3.29. The Balaban J connectivity index is 1.47. The van der Waals surface area contributed by atoms with Crippen LogP contribution in [0, 0.1) is 23.1 Å². The zero-order valence-electron chi connectivity index (χ0n) is 21.4. The van der Waals surface area contributed by atoms with Crippen molar-refractivity contribution in [3.05, 3.63) is 58.4 Å². The molecule has 2 bridgehead atoms. The molecule has 2 aromatic rings. The van der Waals surface area contributed by atoms with Crippen LogP contribution in [0.15, 0.2) is 30.3 Å². The Morgan fingerprint density at radius 3 is 2.47 bits per heavy atom. The first-order valence-electron chi connectivity index (χ1n) is 13.1. The van der Waals surface area contributed by atoms with Crippen LogP contribution in [0.5, 0.6) is 0 Å². The summed E-state index contributed by atoms with van der Waals surface area (Å²) >= 11 is 0. The van der Waals surface area contributed by atoms with Crippen LogP contribution in [0.1, 0.15) is 59.3 Å². The number of benzene rings is 2. The van der Waals surface area contributed by atoms with Gasteiger partial charge < -0.3 is 25.2 Å². The van der Waals surface area contributed by atoms with E-state index in [9.17, 15) is 23.2 Å². The van der Waals surface area contributed by atoms with Gasteiger partial charge in [0.25, 0.3) is 12.3 Å². The van der Waals surface area contributed by atoms with E-state index in [2.05, 4.69) is 21.6 Å². The summed E-state index contributed by atoms with van der Waals surface area (Å²) in [6.45, 7) is 6.77. The van der Waals surface area contributed by atoms with E-state index in [1.165, 1.54) is 12.1 Å². The van der Waals surface area contributed by atoms with E-state index < -0.39 is 29.8 Å². The summed E-state index contributed by atoms with van der Waals surface area (Å²) in [6.07, 6.45) is -0.801. The molecule has 38 heavy (non-hydrogen) atoms. The molecule has 2 aromatic carbocycles. The lowest BCUT2D eigenvalue weighted by molar-refractivity contribution is 0.0934. The number of fused-ring (bicyclic) bond motifs is 3. The normalized spacial score (nSPS) is 23.7. The number of amides is 1. The van der Waals surface area contributed by atoms with Gasteiger partial charge in [0, 0.05) is 36.9 Å². The fourth-order valence-corrected chi connectivity index (χ4v) is 5.80. The van der Waals surface area contributed by atoms with Gasteiger partial charge in [-0.25, -0.2) is 13.2 Å². The Labute approximate surface area is 220 Å². The van der Waals surface area contributed by atoms with Crippen molar-refractivity contribution in [3.63, 3.8) is 0 Å². The van der Waals surface area contributed by atoms with E-state index in [0.29, 0.717) is 54.7 Å². The number of rotatable bonds is 7. The topological polar surface area (TPSA) is 80.6 Å². The number of nitrogens with zero attached hydrogens (tertiary/aromatic N) is 3. The van der Waals surface area contributed by atoms with Gasteiger partial charge in [-0.15, -0.1) is 0 Å². The van der Waals surface area contributed by atoms with E-state index in [1.807, 2.05) is 4.90 Å². The van der Waals surface area contributed by atoms with Crippen LogP contribution in [0.2, 0.25) is 0 Å². The van der Waals surface area contributed by atoms with Crippen molar-refractivity contribution in [2.75, 3.05) is 56.2 Å². The summed E-state index contributed by atoms with van der Waals surface area (Å²) in [5.74, 6) is -1.01. The number of carbonyl (C=O) groups excluding carboxylic acids is 1. The van der Waals surface area contributed by atoms with E-state index in [0.717, 1.165) is 38.5 Å². The molecule has 7 nitrogen and oxygen atoms in total. The molecule has 2 N–H and O–H groups in total. The van der Waals surface area contributed by atoms with Gasteiger partial charge in [-0.05, 0) is 50.9 Å². The molecule has 4 aliphatic rings. The molecular formula is C28H32F3N5O2. The van der Waals surface area contributed by atoms with Gasteiger partial charge in [-0.3, -0.25) is 4.79 Å². The predicted octanol–water partition coefficient (Wildman–Crippen LogP) is 4.47. The molecule has 6 rings (SSSR count). The Morgan fingerprint density at radius 2 is 1.84 bits per heavy atom. The standard InChI is InChI=1S/C28H32F3N5O2/c1-17(20-3-2-4-21(26(20)29)27(30)31)33-28(37)22-14-25(36-9-11-38-12-10-36)19(15-32)13-23(22)34-24-16-35-7-5-18(24)6-8-35/h2-4,13-14,17-18,24,27,34H,5-12,16H2,1H3,(H,33,37)/t17-,24-/m1/s1. The van der Waals surface area contributed by atoms with Gasteiger partial charge in [0.05, 0.1) is 41.6 Å². The zero-order chi connectivity index (χ0) is 26.8. The predicted molar refractivity (Wildman–Crippen MR) is 138 cm³/mol. The fraction of sp³-hybridized carbons (Fsp3) is 0.500. The van der Waals surface area contributed by atoms with Crippen molar-refractivity contribution >= 4 is 17.3 Å². The van der Waals surface area contributed by atoms with Crippen LogP contribution in [-0.4, -0.2) is 62.8 Å². The van der Waals surface area contributed by atoms with Gasteiger partial charge in [0.2, 0.25) is 0 Å². The van der Waals surface area contributed by atoms with Gasteiger partial charge >= 0.3 is 0 Å². The highest BCUT2D eigenvalue weighted by Gasteiger charge is 2.35. The SMILES string of the molecule is C[C@@H](NC(=O)c1cc(N2CCOCC2)c(C#N)cc1N[C@@H]1CN2CCC1CC2)c1cccc(C(F)F)c1F. The first-order valence-corrected chi connectivity index (χ1v) is 13.1. The van der Waals surface area contributed by atoms with Crippen molar-refractivity contribution in [2.24, 2.45) is 5.92 Å². The van der Waals surface area contributed by atoms with Gasteiger partial charge in [0.15, 0.2) is 0 Å². The number of ether oxygens (including phenoxy) is 1. The third-order valence-corrected chi connectivity index (χ3v) is 7.96. The van der Waals surface area contributed by atoms with Gasteiger partial charge in [-0.2, -0.15) is 5.26 Å². The summed E-state index contributed by atoms with van der Waals surface area (Å²) in [5.41, 5.74) is 1.27. The molecule has 4 saturated heterocycles. The summed E-state index contributed by atoms with van der Waals surface area (Å²) in [6, 6.07) is 8.80. The average molecular weight is 528 g/mol. The second-order valence-corrected chi connectivity index (χ2v) is 10.3. The first-order chi connectivity index (χ1) is 18.4. The third-order valence-electron chi connectivity index (χ3n) is 7.96. The number of piperidine rings is 3. The zero-order valence-corrected chi connectivity index (χ0v) is 21.4. The molecule has 0 unspecified atom stereocenters. The molecular weight excluding hydrogens is 495 g/mol. The van der Waals surface area contributed by atoms with Crippen molar-refractivity contribution in [2.45, 2.75) is 38.3 Å². The van der Waals surface area contributed by atoms with Crippen LogP contribution in [0.4, 0.5) is 24.5 Å². The molecule has 0 saturated carbocycles.